The van der Waals surface area contributed by atoms with Crippen molar-refractivity contribution in [3.63, 3.8) is 0 Å². The molecule has 0 aliphatic carbocycles. The third-order valence-electron chi connectivity index (χ3n) is 0.751. The molecule has 0 aromatic carbocycles. The van der Waals surface area contributed by atoms with Crippen LogP contribution < -0.4 is 0 Å². The minimum atomic E-state index is -4.55. The average Bonchev–Trinajstić information content (AvgIpc) is 1.60. The summed E-state index contributed by atoms with van der Waals surface area (Å²) in [5.74, 6) is -1.66. The largest absolute Gasteiger partial charge is 0.477 e. The molecule has 0 aliphatic rings. The molecule has 0 fully saturated rings. The number of carboxylic acid groups (broad SMARTS) is 1. The molecule has 0 aromatic heterocycles. The number of rotatable bonds is 2. The van der Waals surface area contributed by atoms with Crippen LogP contribution in [0.5, 0.6) is 0 Å². The minimum absolute atomic E-state index is 0.803. The molecule has 0 aromatic rings. The fourth-order valence-electron chi connectivity index (χ4n) is 0.383. The molecule has 5 nitrogen and oxygen atoms in total. The van der Waals surface area contributed by atoms with Crippen LogP contribution in [0, 0.1) is 0 Å². The van der Waals surface area contributed by atoms with Gasteiger partial charge in [-0.3, -0.25) is 4.55 Å². The molecular weight excluding hydrogens is 160 g/mol. The van der Waals surface area contributed by atoms with Gasteiger partial charge in [0.25, 0.3) is 0 Å². The summed E-state index contributed by atoms with van der Waals surface area (Å²) >= 11 is 0. The van der Waals surface area contributed by atoms with E-state index >= 15 is 0 Å². The maximum Gasteiger partial charge on any atom is 0.349 e. The lowest BCUT2D eigenvalue weighted by Crippen LogP contribution is -2.11. The molecule has 0 saturated heterocycles. The highest BCUT2D eigenvalue weighted by Gasteiger charge is 2.19. The normalized spacial score (nSPS) is 13.2. The number of carbonyl (C=O) groups is 1. The first-order chi connectivity index (χ1) is 4.39. The van der Waals surface area contributed by atoms with Crippen molar-refractivity contribution >= 4 is 16.1 Å². The highest BCUT2D eigenvalue weighted by atomic mass is 32.2. The van der Waals surface area contributed by atoms with Gasteiger partial charge in [-0.1, -0.05) is 6.08 Å². The smallest absolute Gasteiger partial charge is 0.349 e. The van der Waals surface area contributed by atoms with Crippen LogP contribution in [0.25, 0.3) is 0 Å². The summed E-state index contributed by atoms with van der Waals surface area (Å²) in [6.07, 6.45) is 0.803. The summed E-state index contributed by atoms with van der Waals surface area (Å²) in [7, 11) is -4.55. The number of carboxylic acids is 1. The van der Waals surface area contributed by atoms with Crippen LogP contribution in [0.1, 0.15) is 6.92 Å². The van der Waals surface area contributed by atoms with Gasteiger partial charge in [-0.05, 0) is 6.92 Å². The van der Waals surface area contributed by atoms with E-state index in [0.717, 1.165) is 6.08 Å². The number of hydrogen-bond donors (Lipinski definition) is 2. The Balaban J connectivity index is 4.95. The second-order valence-electron chi connectivity index (χ2n) is 1.43. The number of allylic oxidation sites excluding steroid dienone is 1. The van der Waals surface area contributed by atoms with Gasteiger partial charge in [0.05, 0.1) is 0 Å². The lowest BCUT2D eigenvalue weighted by molar-refractivity contribution is -0.131. The Morgan fingerprint density at radius 3 is 1.90 bits per heavy atom. The summed E-state index contributed by atoms with van der Waals surface area (Å²) in [4.78, 5) is 8.96. The molecule has 0 radical (unpaired) electrons. The van der Waals surface area contributed by atoms with Gasteiger partial charge >= 0.3 is 16.1 Å². The third kappa shape index (κ3) is 2.16. The van der Waals surface area contributed by atoms with Crippen molar-refractivity contribution in [3.8, 4) is 0 Å². The van der Waals surface area contributed by atoms with E-state index in [2.05, 4.69) is 0 Å². The Morgan fingerprint density at radius 2 is 1.90 bits per heavy atom. The maximum atomic E-state index is 10.1. The molecule has 0 saturated carbocycles. The number of aliphatic carboxylic acids is 1. The standard InChI is InChI=1S/C4H6O5S/c1-2-3(4(5)6)10(7,8)9/h2H,1H3,(H,5,6)(H,7,8,9)/b3-2+. The van der Waals surface area contributed by atoms with E-state index < -0.39 is 21.0 Å². The molecular formula is C4H6O5S. The van der Waals surface area contributed by atoms with Gasteiger partial charge in [0.15, 0.2) is 4.91 Å². The zero-order valence-electron chi connectivity index (χ0n) is 5.10. The van der Waals surface area contributed by atoms with Crippen LogP contribution in [0.2, 0.25) is 0 Å². The van der Waals surface area contributed by atoms with Gasteiger partial charge in [0.1, 0.15) is 0 Å². The van der Waals surface area contributed by atoms with E-state index in [-0.39, 0.29) is 0 Å². The van der Waals surface area contributed by atoms with Crippen molar-refractivity contribution in [2.24, 2.45) is 0 Å². The molecule has 58 valence electrons. The van der Waals surface area contributed by atoms with E-state index in [0.29, 0.717) is 0 Å². The molecule has 0 bridgehead atoms. The SMILES string of the molecule is C/C=C(\C(=O)O)S(=O)(=O)O. The van der Waals surface area contributed by atoms with Gasteiger partial charge in [-0.2, -0.15) is 8.42 Å². The minimum Gasteiger partial charge on any atom is -0.477 e. The topological polar surface area (TPSA) is 91.7 Å². The molecule has 2 N–H and O–H groups in total. The zero-order valence-corrected chi connectivity index (χ0v) is 5.92. The first-order valence-corrected chi connectivity index (χ1v) is 3.70. The van der Waals surface area contributed by atoms with Crippen LogP contribution in [0.4, 0.5) is 0 Å². The monoisotopic (exact) mass is 166 g/mol. The lowest BCUT2D eigenvalue weighted by Gasteiger charge is -1.93. The fourth-order valence-corrected chi connectivity index (χ4v) is 0.901. The average molecular weight is 166 g/mol. The lowest BCUT2D eigenvalue weighted by atomic mass is 10.5. The predicted octanol–water partition coefficient (Wildman–Crippen LogP) is -0.137. The van der Waals surface area contributed by atoms with E-state index in [1.807, 2.05) is 0 Å². The Kier molecular flexibility index (Phi) is 2.56. The van der Waals surface area contributed by atoms with Crippen LogP contribution >= 0.6 is 0 Å². The Labute approximate surface area is 57.7 Å². The molecule has 0 heterocycles. The van der Waals surface area contributed by atoms with E-state index in [9.17, 15) is 13.2 Å². The fraction of sp³-hybridized carbons (Fsp3) is 0.250. The third-order valence-corrected chi connectivity index (χ3v) is 1.72. The first kappa shape index (κ1) is 9.12. The maximum absolute atomic E-state index is 10.1. The van der Waals surface area contributed by atoms with Crippen molar-refractivity contribution in [1.82, 2.24) is 0 Å². The highest BCUT2D eigenvalue weighted by molar-refractivity contribution is 7.90. The molecule has 0 amide bonds. The van der Waals surface area contributed by atoms with Crippen molar-refractivity contribution < 1.29 is 22.9 Å². The molecule has 0 rings (SSSR count). The Morgan fingerprint density at radius 1 is 1.50 bits per heavy atom. The van der Waals surface area contributed by atoms with Crippen molar-refractivity contribution in [1.29, 1.82) is 0 Å². The zero-order chi connectivity index (χ0) is 8.36. The van der Waals surface area contributed by atoms with Crippen LogP contribution in [-0.2, 0) is 14.9 Å². The molecule has 6 heteroatoms. The van der Waals surface area contributed by atoms with E-state index in [4.69, 9.17) is 9.66 Å². The first-order valence-electron chi connectivity index (χ1n) is 2.26. The molecule has 0 atom stereocenters. The van der Waals surface area contributed by atoms with Crippen molar-refractivity contribution in [2.45, 2.75) is 6.92 Å². The predicted molar refractivity (Wildman–Crippen MR) is 32.9 cm³/mol. The summed E-state index contributed by atoms with van der Waals surface area (Å²) < 4.78 is 28.4. The van der Waals surface area contributed by atoms with Crippen molar-refractivity contribution in [2.75, 3.05) is 0 Å². The molecule has 0 unspecified atom stereocenters. The quantitative estimate of drug-likeness (QED) is 0.440. The second-order valence-corrected chi connectivity index (χ2v) is 2.82. The Hall–Kier alpha value is -0.880. The highest BCUT2D eigenvalue weighted by Crippen LogP contribution is 2.02. The van der Waals surface area contributed by atoms with Gasteiger partial charge in [0, 0.05) is 0 Å². The molecule has 10 heavy (non-hydrogen) atoms. The van der Waals surface area contributed by atoms with Crippen molar-refractivity contribution in [3.05, 3.63) is 11.0 Å². The van der Waals surface area contributed by atoms with Gasteiger partial charge in [-0.15, -0.1) is 0 Å². The van der Waals surface area contributed by atoms with E-state index in [1.165, 1.54) is 6.92 Å². The summed E-state index contributed by atoms with van der Waals surface area (Å²) in [6, 6.07) is 0. The van der Waals surface area contributed by atoms with Crippen LogP contribution in [0.3, 0.4) is 0 Å². The second kappa shape index (κ2) is 2.80. The van der Waals surface area contributed by atoms with Crippen LogP contribution in [-0.4, -0.2) is 24.0 Å². The van der Waals surface area contributed by atoms with Gasteiger partial charge < -0.3 is 5.11 Å². The molecule has 0 spiro atoms. The Bertz CT molecular complexity index is 259. The van der Waals surface area contributed by atoms with Gasteiger partial charge in [0.2, 0.25) is 0 Å². The van der Waals surface area contributed by atoms with Gasteiger partial charge in [-0.25, -0.2) is 4.79 Å². The number of hydrogen-bond acceptors (Lipinski definition) is 3. The summed E-state index contributed by atoms with van der Waals surface area (Å²) in [5, 5.41) is 8.10. The van der Waals surface area contributed by atoms with E-state index in [1.54, 1.807) is 0 Å². The van der Waals surface area contributed by atoms with Crippen LogP contribution in [0.15, 0.2) is 11.0 Å². The summed E-state index contributed by atoms with van der Waals surface area (Å²) in [6.45, 7) is 1.21. The molecule has 0 aliphatic heterocycles. The summed E-state index contributed by atoms with van der Waals surface area (Å²) in [5.41, 5.74) is 0.